The molecule has 116 valence electrons. The highest BCUT2D eigenvalue weighted by atomic mass is 35.5. The van der Waals surface area contributed by atoms with E-state index in [1.54, 1.807) is 0 Å². The molecule has 2 rings (SSSR count). The standard InChI is InChI=1S/C10H3ClF8N2/c11-4-2-1-3(9(14,15)16)5-6(4)21-7(20-5)8(12,13)10(17,18)19/h1-2H,(H,20,21). The number of fused-ring (bicyclic) bond motifs is 1. The molecule has 1 N–H and O–H groups in total. The topological polar surface area (TPSA) is 28.7 Å². The molecule has 11 heteroatoms. The fraction of sp³-hybridized carbons (Fsp3) is 0.300. The van der Waals surface area contributed by atoms with Gasteiger partial charge in [0, 0.05) is 0 Å². The molecular weight excluding hydrogens is 336 g/mol. The molecule has 0 aliphatic rings. The van der Waals surface area contributed by atoms with Gasteiger partial charge in [-0.15, -0.1) is 0 Å². The Morgan fingerprint density at radius 1 is 0.952 bits per heavy atom. The lowest BCUT2D eigenvalue weighted by Gasteiger charge is -2.16. The SMILES string of the molecule is FC(F)(F)c1ccc(Cl)c2[nH]c(C(F)(F)C(F)(F)F)nc12. The van der Waals surface area contributed by atoms with Crippen LogP contribution in [0, 0.1) is 0 Å². The number of hydrogen-bond donors (Lipinski definition) is 1. The van der Waals surface area contributed by atoms with E-state index in [1.807, 2.05) is 0 Å². The number of alkyl halides is 8. The van der Waals surface area contributed by atoms with Crippen molar-refractivity contribution in [3.05, 3.63) is 28.5 Å². The first-order chi connectivity index (χ1) is 9.35. The Kier molecular flexibility index (Phi) is 3.35. The molecule has 0 saturated carbocycles. The molecule has 1 aromatic heterocycles. The van der Waals surface area contributed by atoms with Gasteiger partial charge in [-0.05, 0) is 12.1 Å². The van der Waals surface area contributed by atoms with Gasteiger partial charge in [-0.25, -0.2) is 4.98 Å². The van der Waals surface area contributed by atoms with Crippen LogP contribution in [-0.4, -0.2) is 16.1 Å². The molecule has 2 aromatic rings. The van der Waals surface area contributed by atoms with Crippen molar-refractivity contribution < 1.29 is 35.1 Å². The fourth-order valence-electron chi connectivity index (χ4n) is 1.57. The third-order valence-corrected chi connectivity index (χ3v) is 2.87. The Balaban J connectivity index is 2.75. The molecule has 0 spiro atoms. The highest BCUT2D eigenvalue weighted by Crippen LogP contribution is 2.44. The molecular formula is C10H3ClF8N2. The quantitative estimate of drug-likeness (QED) is 0.737. The molecule has 0 saturated heterocycles. The molecule has 0 bridgehead atoms. The summed E-state index contributed by atoms with van der Waals surface area (Å²) in [5.41, 5.74) is -3.32. The summed E-state index contributed by atoms with van der Waals surface area (Å²) in [5, 5.41) is -0.463. The normalized spacial score (nSPS) is 14.0. The zero-order valence-electron chi connectivity index (χ0n) is 9.50. The maximum Gasteiger partial charge on any atom is 0.461 e. The van der Waals surface area contributed by atoms with Crippen molar-refractivity contribution in [1.82, 2.24) is 9.97 Å². The first-order valence-corrected chi connectivity index (χ1v) is 5.44. The molecule has 0 amide bonds. The van der Waals surface area contributed by atoms with Gasteiger partial charge in [0.25, 0.3) is 0 Å². The summed E-state index contributed by atoms with van der Waals surface area (Å²) in [6.45, 7) is 0. The van der Waals surface area contributed by atoms with Gasteiger partial charge in [0.05, 0.1) is 16.1 Å². The third-order valence-electron chi connectivity index (χ3n) is 2.55. The van der Waals surface area contributed by atoms with Crippen LogP contribution in [0.3, 0.4) is 0 Å². The van der Waals surface area contributed by atoms with E-state index < -0.39 is 45.7 Å². The Morgan fingerprint density at radius 3 is 2.00 bits per heavy atom. The summed E-state index contributed by atoms with van der Waals surface area (Å²) >= 11 is 5.49. The number of hydrogen-bond acceptors (Lipinski definition) is 1. The monoisotopic (exact) mass is 338 g/mol. The second-order valence-corrected chi connectivity index (χ2v) is 4.38. The number of H-pyrrole nitrogens is 1. The number of halogens is 9. The van der Waals surface area contributed by atoms with Gasteiger partial charge >= 0.3 is 18.3 Å². The minimum Gasteiger partial charge on any atom is -0.335 e. The van der Waals surface area contributed by atoms with Crippen molar-refractivity contribution in [2.75, 3.05) is 0 Å². The predicted molar refractivity (Wildman–Crippen MR) is 56.1 cm³/mol. The molecule has 2 nitrogen and oxygen atoms in total. The molecule has 0 atom stereocenters. The van der Waals surface area contributed by atoms with Crippen molar-refractivity contribution in [3.63, 3.8) is 0 Å². The van der Waals surface area contributed by atoms with Crippen molar-refractivity contribution in [1.29, 1.82) is 0 Å². The average molecular weight is 339 g/mol. The largest absolute Gasteiger partial charge is 0.461 e. The first kappa shape index (κ1) is 15.8. The van der Waals surface area contributed by atoms with E-state index in [-0.39, 0.29) is 0 Å². The summed E-state index contributed by atoms with van der Waals surface area (Å²) in [7, 11) is 0. The Bertz CT molecular complexity index is 685. The molecule has 1 heterocycles. The Hall–Kier alpha value is -1.58. The van der Waals surface area contributed by atoms with Gasteiger partial charge in [0.1, 0.15) is 5.52 Å². The van der Waals surface area contributed by atoms with Crippen LogP contribution < -0.4 is 0 Å². The third kappa shape index (κ3) is 2.52. The molecule has 21 heavy (non-hydrogen) atoms. The van der Waals surface area contributed by atoms with Crippen molar-refractivity contribution in [2.24, 2.45) is 0 Å². The van der Waals surface area contributed by atoms with Gasteiger partial charge in [0.2, 0.25) is 0 Å². The van der Waals surface area contributed by atoms with E-state index >= 15 is 0 Å². The van der Waals surface area contributed by atoms with Crippen molar-refractivity contribution in [3.8, 4) is 0 Å². The van der Waals surface area contributed by atoms with Crippen LogP contribution in [0.25, 0.3) is 11.0 Å². The average Bonchev–Trinajstić information content (AvgIpc) is 2.71. The number of nitrogens with zero attached hydrogens (tertiary/aromatic N) is 1. The molecule has 0 radical (unpaired) electrons. The second kappa shape index (κ2) is 4.46. The zero-order valence-corrected chi connectivity index (χ0v) is 10.3. The molecule has 0 unspecified atom stereocenters. The number of aromatic nitrogens is 2. The number of aromatic amines is 1. The summed E-state index contributed by atoms with van der Waals surface area (Å²) in [6, 6.07) is 1.17. The van der Waals surface area contributed by atoms with E-state index in [0.29, 0.717) is 6.07 Å². The van der Waals surface area contributed by atoms with Gasteiger partial charge in [-0.1, -0.05) is 11.6 Å². The molecule has 1 aromatic carbocycles. The van der Waals surface area contributed by atoms with Gasteiger partial charge in [-0.2, -0.15) is 35.1 Å². The van der Waals surface area contributed by atoms with E-state index in [9.17, 15) is 35.1 Å². The summed E-state index contributed by atoms with van der Waals surface area (Å²) in [5.74, 6) is -7.39. The van der Waals surface area contributed by atoms with Crippen molar-refractivity contribution in [2.45, 2.75) is 18.3 Å². The van der Waals surface area contributed by atoms with Crippen LogP contribution in [0.4, 0.5) is 35.1 Å². The zero-order chi connectivity index (χ0) is 16.2. The summed E-state index contributed by atoms with van der Waals surface area (Å²) < 4.78 is 101. The Morgan fingerprint density at radius 2 is 1.52 bits per heavy atom. The van der Waals surface area contributed by atoms with Gasteiger partial charge in [-0.3, -0.25) is 0 Å². The first-order valence-electron chi connectivity index (χ1n) is 5.06. The van der Waals surface area contributed by atoms with Gasteiger partial charge < -0.3 is 4.98 Å². The lowest BCUT2D eigenvalue weighted by atomic mass is 10.2. The highest BCUT2D eigenvalue weighted by Gasteiger charge is 2.61. The number of nitrogens with one attached hydrogen (secondary N) is 1. The lowest BCUT2D eigenvalue weighted by molar-refractivity contribution is -0.292. The Labute approximate surface area is 115 Å². The van der Waals surface area contributed by atoms with Crippen LogP contribution in [-0.2, 0) is 12.1 Å². The van der Waals surface area contributed by atoms with E-state index in [4.69, 9.17) is 11.6 Å². The van der Waals surface area contributed by atoms with E-state index in [1.165, 1.54) is 4.98 Å². The van der Waals surface area contributed by atoms with Crippen LogP contribution in [0.15, 0.2) is 12.1 Å². The van der Waals surface area contributed by atoms with Gasteiger partial charge in [0.15, 0.2) is 5.82 Å². The molecule has 0 aliphatic carbocycles. The summed E-state index contributed by atoms with van der Waals surface area (Å²) in [6.07, 6.45) is -11.0. The van der Waals surface area contributed by atoms with Crippen molar-refractivity contribution >= 4 is 22.6 Å². The van der Waals surface area contributed by atoms with Crippen LogP contribution in [0.5, 0.6) is 0 Å². The minimum atomic E-state index is -6.01. The maximum absolute atomic E-state index is 13.1. The predicted octanol–water partition coefficient (Wildman–Crippen LogP) is 4.89. The lowest BCUT2D eigenvalue weighted by Crippen LogP contribution is -2.34. The van der Waals surface area contributed by atoms with E-state index in [0.717, 1.165) is 6.07 Å². The van der Waals surface area contributed by atoms with Crippen LogP contribution in [0.2, 0.25) is 5.02 Å². The number of imidazole rings is 1. The molecule has 0 fully saturated rings. The fourth-order valence-corrected chi connectivity index (χ4v) is 1.77. The second-order valence-electron chi connectivity index (χ2n) is 3.97. The number of benzene rings is 1. The van der Waals surface area contributed by atoms with E-state index in [2.05, 4.69) is 4.98 Å². The van der Waals surface area contributed by atoms with Crippen LogP contribution in [0.1, 0.15) is 11.4 Å². The van der Waals surface area contributed by atoms with Crippen LogP contribution >= 0.6 is 11.6 Å². The number of rotatable bonds is 1. The molecule has 0 aliphatic heterocycles. The minimum absolute atomic E-state index is 0.445. The summed E-state index contributed by atoms with van der Waals surface area (Å²) in [4.78, 5) is 4.26. The highest BCUT2D eigenvalue weighted by molar-refractivity contribution is 6.35. The smallest absolute Gasteiger partial charge is 0.335 e. The maximum atomic E-state index is 13.1.